The Kier molecular flexibility index (Phi) is 7.99. The number of benzene rings is 2. The van der Waals surface area contributed by atoms with E-state index in [1.807, 2.05) is 6.07 Å². The molecular weight excluding hydrogens is 500 g/mol. The first-order valence-electron chi connectivity index (χ1n) is 12.1. The summed E-state index contributed by atoms with van der Waals surface area (Å²) in [4.78, 5) is 53.6. The van der Waals surface area contributed by atoms with E-state index in [1.54, 1.807) is 37.4 Å². The fourth-order valence-electron chi connectivity index (χ4n) is 4.93. The van der Waals surface area contributed by atoms with Crippen molar-refractivity contribution in [2.24, 2.45) is 0 Å². The second kappa shape index (κ2) is 11.2. The zero-order chi connectivity index (χ0) is 25.2. The van der Waals surface area contributed by atoms with Crippen LogP contribution in [0, 0.1) is 0 Å². The first kappa shape index (κ1) is 26.4. The summed E-state index contributed by atoms with van der Waals surface area (Å²) in [5.41, 5.74) is 1.40. The van der Waals surface area contributed by atoms with Gasteiger partial charge in [0.1, 0.15) is 24.1 Å². The van der Waals surface area contributed by atoms with Crippen molar-refractivity contribution in [1.82, 2.24) is 15.1 Å². The van der Waals surface area contributed by atoms with E-state index < -0.39 is 29.7 Å². The van der Waals surface area contributed by atoms with Crippen LogP contribution in [0.2, 0.25) is 0 Å². The van der Waals surface area contributed by atoms with E-state index in [4.69, 9.17) is 9.47 Å². The number of carbonyl (C=O) groups is 4. The number of ether oxygens (including phenoxy) is 2. The quantitative estimate of drug-likeness (QED) is 0.502. The Morgan fingerprint density at radius 3 is 2.54 bits per heavy atom. The third kappa shape index (κ3) is 5.26. The topological polar surface area (TPSA) is 117 Å². The molecule has 10 nitrogen and oxygen atoms in total. The van der Waals surface area contributed by atoms with E-state index in [1.165, 1.54) is 12.8 Å². The van der Waals surface area contributed by atoms with Crippen molar-refractivity contribution in [3.8, 4) is 11.5 Å². The fraction of sp³-hybridized carbons (Fsp3) is 0.385. The number of nitrogens with one attached hydrogen (secondary N) is 2. The molecule has 0 aromatic heterocycles. The SMILES string of the molecule is COc1cc(OCCN2CCCC2)ccc1Nc1cccc2c1C(=O)N(C1CCC(=O)NC1=O)C2=O.Cl. The predicted octanol–water partition coefficient (Wildman–Crippen LogP) is 2.74. The molecular formula is C26H29ClN4O6. The molecule has 0 saturated carbocycles. The summed E-state index contributed by atoms with van der Waals surface area (Å²) in [6.45, 7) is 3.67. The number of halogens is 1. The molecule has 0 radical (unpaired) electrons. The smallest absolute Gasteiger partial charge is 0.264 e. The van der Waals surface area contributed by atoms with Crippen molar-refractivity contribution in [2.75, 3.05) is 38.7 Å². The number of methoxy groups -OCH3 is 1. The minimum absolute atomic E-state index is 0. The maximum atomic E-state index is 13.3. The number of hydrogen-bond donors (Lipinski definition) is 2. The molecule has 5 rings (SSSR count). The van der Waals surface area contributed by atoms with Gasteiger partial charge in [-0.25, -0.2) is 0 Å². The maximum Gasteiger partial charge on any atom is 0.264 e. The number of carbonyl (C=O) groups excluding carboxylic acids is 4. The lowest BCUT2D eigenvalue weighted by Gasteiger charge is -2.27. The molecule has 11 heteroatoms. The molecule has 2 aromatic rings. The molecule has 1 atom stereocenters. The van der Waals surface area contributed by atoms with Crippen LogP contribution in [0.4, 0.5) is 11.4 Å². The molecule has 3 heterocycles. The van der Waals surface area contributed by atoms with Crippen molar-refractivity contribution in [3.63, 3.8) is 0 Å². The number of likely N-dealkylation sites (tertiary alicyclic amines) is 1. The number of anilines is 2. The third-order valence-electron chi connectivity index (χ3n) is 6.79. The largest absolute Gasteiger partial charge is 0.494 e. The summed E-state index contributed by atoms with van der Waals surface area (Å²) < 4.78 is 11.4. The van der Waals surface area contributed by atoms with Crippen molar-refractivity contribution in [3.05, 3.63) is 47.5 Å². The van der Waals surface area contributed by atoms with Crippen LogP contribution >= 0.6 is 12.4 Å². The lowest BCUT2D eigenvalue weighted by atomic mass is 10.0. The Morgan fingerprint density at radius 2 is 1.81 bits per heavy atom. The average molecular weight is 529 g/mol. The summed E-state index contributed by atoms with van der Waals surface area (Å²) in [5.74, 6) is -0.992. The maximum absolute atomic E-state index is 13.3. The van der Waals surface area contributed by atoms with Gasteiger partial charge in [-0.05, 0) is 56.6 Å². The summed E-state index contributed by atoms with van der Waals surface area (Å²) in [7, 11) is 1.54. The van der Waals surface area contributed by atoms with E-state index >= 15 is 0 Å². The van der Waals surface area contributed by atoms with Gasteiger partial charge in [0.05, 0.1) is 29.6 Å². The molecule has 4 amide bonds. The summed E-state index contributed by atoms with van der Waals surface area (Å²) >= 11 is 0. The summed E-state index contributed by atoms with van der Waals surface area (Å²) in [5, 5.41) is 5.41. The van der Waals surface area contributed by atoms with E-state index in [0.29, 0.717) is 29.5 Å². The van der Waals surface area contributed by atoms with Crippen molar-refractivity contribution in [2.45, 2.75) is 31.7 Å². The van der Waals surface area contributed by atoms with E-state index in [9.17, 15) is 19.2 Å². The summed E-state index contributed by atoms with van der Waals surface area (Å²) in [6.07, 6.45) is 2.64. The number of nitrogens with zero attached hydrogens (tertiary/aromatic N) is 2. The van der Waals surface area contributed by atoms with Gasteiger partial charge in [0.15, 0.2) is 0 Å². The van der Waals surface area contributed by atoms with Crippen molar-refractivity contribution < 1.29 is 28.7 Å². The molecule has 2 N–H and O–H groups in total. The molecule has 2 aromatic carbocycles. The Bertz CT molecular complexity index is 1230. The monoisotopic (exact) mass is 528 g/mol. The van der Waals surface area contributed by atoms with E-state index in [0.717, 1.165) is 24.5 Å². The van der Waals surface area contributed by atoms with Crippen molar-refractivity contribution >= 4 is 47.4 Å². The normalized spacial score (nSPS) is 19.4. The van der Waals surface area contributed by atoms with Gasteiger partial charge in [-0.2, -0.15) is 0 Å². The van der Waals surface area contributed by atoms with Crippen LogP contribution in [0.15, 0.2) is 36.4 Å². The molecule has 0 spiro atoms. The van der Waals surface area contributed by atoms with E-state index in [-0.39, 0.29) is 36.4 Å². The highest BCUT2D eigenvalue weighted by molar-refractivity contribution is 6.25. The van der Waals surface area contributed by atoms with Crippen LogP contribution < -0.4 is 20.1 Å². The Labute approximate surface area is 220 Å². The molecule has 3 aliphatic rings. The van der Waals surface area contributed by atoms with Crippen LogP contribution in [0.5, 0.6) is 11.5 Å². The predicted molar refractivity (Wildman–Crippen MR) is 138 cm³/mol. The minimum atomic E-state index is -1.02. The summed E-state index contributed by atoms with van der Waals surface area (Å²) in [6, 6.07) is 9.29. The second-order valence-corrected chi connectivity index (χ2v) is 9.06. The van der Waals surface area contributed by atoms with Crippen LogP contribution in [0.1, 0.15) is 46.4 Å². The first-order valence-corrected chi connectivity index (χ1v) is 12.1. The molecule has 37 heavy (non-hydrogen) atoms. The number of amides is 4. The minimum Gasteiger partial charge on any atom is -0.494 e. The van der Waals surface area contributed by atoms with Gasteiger partial charge < -0.3 is 14.8 Å². The van der Waals surface area contributed by atoms with Gasteiger partial charge in [-0.15, -0.1) is 12.4 Å². The highest BCUT2D eigenvalue weighted by Crippen LogP contribution is 2.37. The molecule has 0 bridgehead atoms. The molecule has 196 valence electrons. The zero-order valence-corrected chi connectivity index (χ0v) is 21.3. The lowest BCUT2D eigenvalue weighted by Crippen LogP contribution is -2.54. The lowest BCUT2D eigenvalue weighted by molar-refractivity contribution is -0.136. The highest BCUT2D eigenvalue weighted by Gasteiger charge is 2.45. The van der Waals surface area contributed by atoms with Gasteiger partial charge in [-0.3, -0.25) is 34.3 Å². The number of fused-ring (bicyclic) bond motifs is 1. The zero-order valence-electron chi connectivity index (χ0n) is 20.5. The second-order valence-electron chi connectivity index (χ2n) is 9.06. The molecule has 1 unspecified atom stereocenters. The first-order chi connectivity index (χ1) is 17.5. The van der Waals surface area contributed by atoms with Gasteiger partial charge >= 0.3 is 0 Å². The number of rotatable bonds is 8. The number of imide groups is 2. The Balaban J connectivity index is 0.00000320. The van der Waals surface area contributed by atoms with Crippen molar-refractivity contribution in [1.29, 1.82) is 0 Å². The fourth-order valence-corrected chi connectivity index (χ4v) is 4.93. The molecule has 3 aliphatic heterocycles. The third-order valence-corrected chi connectivity index (χ3v) is 6.79. The Hall–Kier alpha value is -3.63. The van der Waals surface area contributed by atoms with Crippen LogP contribution in [0.25, 0.3) is 0 Å². The number of piperidine rings is 1. The highest BCUT2D eigenvalue weighted by atomic mass is 35.5. The average Bonchev–Trinajstić information content (AvgIpc) is 3.47. The molecule has 2 saturated heterocycles. The van der Waals surface area contributed by atoms with E-state index in [2.05, 4.69) is 15.5 Å². The van der Waals surface area contributed by atoms with Crippen LogP contribution in [-0.4, -0.2) is 72.8 Å². The molecule has 2 fully saturated rings. The Morgan fingerprint density at radius 1 is 1.03 bits per heavy atom. The standard InChI is InChI=1S/C26H28N4O6.ClH/c1-35-21-15-16(36-14-13-29-11-2-3-12-29)7-8-18(21)27-19-6-4-5-17-23(19)26(34)30(25(17)33)20-9-10-22(31)28-24(20)32;/h4-8,15,20,27H,2-3,9-14H2,1H3,(H,28,31,32);1H. The molecule has 0 aliphatic carbocycles. The van der Waals surface area contributed by atoms with Gasteiger partial charge in [0.2, 0.25) is 11.8 Å². The number of hydrogen-bond acceptors (Lipinski definition) is 8. The van der Waals surface area contributed by atoms with Gasteiger partial charge in [-0.1, -0.05) is 6.07 Å². The van der Waals surface area contributed by atoms with Crippen LogP contribution in [-0.2, 0) is 9.59 Å². The van der Waals surface area contributed by atoms with Gasteiger partial charge in [0, 0.05) is 19.0 Å². The van der Waals surface area contributed by atoms with Gasteiger partial charge in [0.25, 0.3) is 11.8 Å². The van der Waals surface area contributed by atoms with Crippen LogP contribution in [0.3, 0.4) is 0 Å².